The highest BCUT2D eigenvalue weighted by Gasteiger charge is 2.33. The quantitative estimate of drug-likeness (QED) is 0.670. The molecule has 0 saturated carbocycles. The third-order valence-electron chi connectivity index (χ3n) is 2.75. The number of pyridine rings is 1. The van der Waals surface area contributed by atoms with E-state index in [9.17, 15) is 13.2 Å². The van der Waals surface area contributed by atoms with E-state index >= 15 is 0 Å². The standard InChI is InChI=1S/C12H12F3N3O2/c1-19-6-3-7-11(9(4-6)20-2)8(18-16)5-10(17-7)12(13,14)15/h3-5H,16H2,1-2H3,(H,17,18). The predicted molar refractivity (Wildman–Crippen MR) is 67.7 cm³/mol. The van der Waals surface area contributed by atoms with E-state index in [4.69, 9.17) is 15.3 Å². The molecule has 1 aromatic heterocycles. The molecule has 2 aromatic rings. The topological polar surface area (TPSA) is 69.4 Å². The molecule has 8 heteroatoms. The third kappa shape index (κ3) is 2.42. The summed E-state index contributed by atoms with van der Waals surface area (Å²) in [6.45, 7) is 0. The van der Waals surface area contributed by atoms with Crippen molar-refractivity contribution in [3.63, 3.8) is 0 Å². The van der Waals surface area contributed by atoms with Crippen LogP contribution in [-0.4, -0.2) is 19.2 Å². The summed E-state index contributed by atoms with van der Waals surface area (Å²) in [5.41, 5.74) is 1.33. The zero-order valence-electron chi connectivity index (χ0n) is 10.7. The molecule has 0 fully saturated rings. The lowest BCUT2D eigenvalue weighted by Gasteiger charge is -2.14. The number of rotatable bonds is 3. The van der Waals surface area contributed by atoms with E-state index in [0.29, 0.717) is 16.9 Å². The maximum absolute atomic E-state index is 12.8. The average Bonchev–Trinajstić information content (AvgIpc) is 2.43. The molecule has 5 nitrogen and oxygen atoms in total. The molecule has 0 aliphatic carbocycles. The van der Waals surface area contributed by atoms with Gasteiger partial charge in [0.05, 0.1) is 30.8 Å². The molecule has 1 aromatic carbocycles. The summed E-state index contributed by atoms with van der Waals surface area (Å²) < 4.78 is 48.6. The molecular weight excluding hydrogens is 275 g/mol. The number of benzene rings is 1. The second-order valence-corrected chi connectivity index (χ2v) is 3.92. The monoisotopic (exact) mass is 287 g/mol. The van der Waals surface area contributed by atoms with Gasteiger partial charge in [-0.3, -0.25) is 5.84 Å². The van der Waals surface area contributed by atoms with Crippen LogP contribution in [0.2, 0.25) is 0 Å². The van der Waals surface area contributed by atoms with Crippen molar-refractivity contribution in [3.8, 4) is 11.5 Å². The Bertz CT molecular complexity index is 644. The number of aromatic nitrogens is 1. The second-order valence-electron chi connectivity index (χ2n) is 3.92. The number of nitrogens with two attached hydrogens (primary N) is 1. The Labute approximate surface area is 112 Å². The zero-order valence-corrected chi connectivity index (χ0v) is 10.7. The summed E-state index contributed by atoms with van der Waals surface area (Å²) in [5.74, 6) is 5.94. The highest BCUT2D eigenvalue weighted by atomic mass is 19.4. The van der Waals surface area contributed by atoms with Gasteiger partial charge < -0.3 is 14.9 Å². The lowest BCUT2D eigenvalue weighted by molar-refractivity contribution is -0.140. The number of hydrazine groups is 1. The number of anilines is 1. The minimum atomic E-state index is -4.57. The van der Waals surface area contributed by atoms with Gasteiger partial charge in [-0.05, 0) is 6.07 Å². The second kappa shape index (κ2) is 5.04. The Morgan fingerprint density at radius 3 is 2.35 bits per heavy atom. The lowest BCUT2D eigenvalue weighted by Crippen LogP contribution is -2.13. The third-order valence-corrected chi connectivity index (χ3v) is 2.75. The van der Waals surface area contributed by atoms with E-state index in [1.54, 1.807) is 0 Å². The molecule has 0 spiro atoms. The van der Waals surface area contributed by atoms with E-state index in [0.717, 1.165) is 6.07 Å². The first-order valence-electron chi connectivity index (χ1n) is 5.51. The van der Waals surface area contributed by atoms with Crippen molar-refractivity contribution >= 4 is 16.6 Å². The Balaban J connectivity index is 2.83. The molecule has 0 aliphatic rings. The molecule has 0 atom stereocenters. The smallest absolute Gasteiger partial charge is 0.433 e. The Morgan fingerprint density at radius 1 is 1.15 bits per heavy atom. The van der Waals surface area contributed by atoms with Crippen LogP contribution >= 0.6 is 0 Å². The summed E-state index contributed by atoms with van der Waals surface area (Å²) in [6.07, 6.45) is -4.57. The normalized spacial score (nSPS) is 11.5. The van der Waals surface area contributed by atoms with Crippen LogP contribution < -0.4 is 20.7 Å². The number of fused-ring (bicyclic) bond motifs is 1. The van der Waals surface area contributed by atoms with Crippen LogP contribution in [0.3, 0.4) is 0 Å². The molecule has 0 unspecified atom stereocenters. The molecule has 108 valence electrons. The maximum atomic E-state index is 12.8. The number of nitrogens with one attached hydrogen (secondary N) is 1. The van der Waals surface area contributed by atoms with Crippen molar-refractivity contribution in [1.29, 1.82) is 0 Å². The van der Waals surface area contributed by atoms with Crippen LogP contribution in [-0.2, 0) is 6.18 Å². The van der Waals surface area contributed by atoms with Gasteiger partial charge in [-0.25, -0.2) is 4.98 Å². The predicted octanol–water partition coefficient (Wildman–Crippen LogP) is 2.56. The molecule has 3 N–H and O–H groups in total. The molecule has 0 amide bonds. The molecule has 0 bridgehead atoms. The molecule has 0 radical (unpaired) electrons. The number of methoxy groups -OCH3 is 2. The van der Waals surface area contributed by atoms with E-state index in [1.807, 2.05) is 0 Å². The summed E-state index contributed by atoms with van der Waals surface area (Å²) in [6, 6.07) is 3.75. The van der Waals surface area contributed by atoms with Crippen LogP contribution in [0.1, 0.15) is 5.69 Å². The van der Waals surface area contributed by atoms with Gasteiger partial charge in [0.1, 0.15) is 17.2 Å². The minimum Gasteiger partial charge on any atom is -0.497 e. The van der Waals surface area contributed by atoms with Gasteiger partial charge in [-0.2, -0.15) is 13.2 Å². The summed E-state index contributed by atoms with van der Waals surface area (Å²) in [7, 11) is 2.79. The Kier molecular flexibility index (Phi) is 3.58. The van der Waals surface area contributed by atoms with Crippen LogP contribution in [0.4, 0.5) is 18.9 Å². The van der Waals surface area contributed by atoms with Crippen LogP contribution in [0.25, 0.3) is 10.9 Å². The lowest BCUT2D eigenvalue weighted by atomic mass is 10.1. The SMILES string of the molecule is COc1cc(OC)c2c(NN)cc(C(F)(F)F)nc2c1. The van der Waals surface area contributed by atoms with Crippen molar-refractivity contribution in [1.82, 2.24) is 4.98 Å². The summed E-state index contributed by atoms with van der Waals surface area (Å²) in [4.78, 5) is 3.59. The largest absolute Gasteiger partial charge is 0.497 e. The number of nitrogen functional groups attached to an aromatic ring is 1. The fourth-order valence-corrected chi connectivity index (χ4v) is 1.84. The van der Waals surface area contributed by atoms with Gasteiger partial charge in [0.2, 0.25) is 0 Å². The number of ether oxygens (including phenoxy) is 2. The maximum Gasteiger partial charge on any atom is 0.433 e. The van der Waals surface area contributed by atoms with E-state index in [2.05, 4.69) is 10.4 Å². The molecular formula is C12H12F3N3O2. The molecule has 0 aliphatic heterocycles. The highest BCUT2D eigenvalue weighted by molar-refractivity contribution is 5.97. The van der Waals surface area contributed by atoms with Gasteiger partial charge in [-0.1, -0.05) is 0 Å². The highest BCUT2D eigenvalue weighted by Crippen LogP contribution is 2.38. The molecule has 20 heavy (non-hydrogen) atoms. The first-order valence-corrected chi connectivity index (χ1v) is 5.51. The van der Waals surface area contributed by atoms with Gasteiger partial charge in [0, 0.05) is 12.1 Å². The Morgan fingerprint density at radius 2 is 1.85 bits per heavy atom. The fourth-order valence-electron chi connectivity index (χ4n) is 1.84. The number of hydrogen-bond acceptors (Lipinski definition) is 5. The van der Waals surface area contributed by atoms with Crippen LogP contribution in [0.15, 0.2) is 18.2 Å². The summed E-state index contributed by atoms with van der Waals surface area (Å²) in [5, 5.41) is 0.351. The van der Waals surface area contributed by atoms with Crippen molar-refractivity contribution < 1.29 is 22.6 Å². The van der Waals surface area contributed by atoms with Gasteiger partial charge in [0.25, 0.3) is 0 Å². The number of hydrogen-bond donors (Lipinski definition) is 2. The van der Waals surface area contributed by atoms with Crippen LogP contribution in [0.5, 0.6) is 11.5 Å². The van der Waals surface area contributed by atoms with Crippen molar-refractivity contribution in [2.45, 2.75) is 6.18 Å². The average molecular weight is 287 g/mol. The molecule has 0 saturated heterocycles. The summed E-state index contributed by atoms with van der Waals surface area (Å²) >= 11 is 0. The van der Waals surface area contributed by atoms with Crippen LogP contribution in [0, 0.1) is 0 Å². The first-order chi connectivity index (χ1) is 9.40. The van der Waals surface area contributed by atoms with Gasteiger partial charge in [0.15, 0.2) is 0 Å². The van der Waals surface area contributed by atoms with E-state index in [-0.39, 0.29) is 11.2 Å². The fraction of sp³-hybridized carbons (Fsp3) is 0.250. The zero-order chi connectivity index (χ0) is 14.9. The van der Waals surface area contributed by atoms with Crippen molar-refractivity contribution in [3.05, 3.63) is 23.9 Å². The molecule has 1 heterocycles. The number of nitrogens with zero attached hydrogens (tertiary/aromatic N) is 1. The van der Waals surface area contributed by atoms with Gasteiger partial charge >= 0.3 is 6.18 Å². The minimum absolute atomic E-state index is 0.0711. The van der Waals surface area contributed by atoms with E-state index in [1.165, 1.54) is 26.4 Å². The van der Waals surface area contributed by atoms with Gasteiger partial charge in [-0.15, -0.1) is 0 Å². The first kappa shape index (κ1) is 14.2. The molecule has 2 rings (SSSR count). The Hall–Kier alpha value is -2.22. The van der Waals surface area contributed by atoms with E-state index < -0.39 is 11.9 Å². The number of halogens is 3. The number of alkyl halides is 3. The van der Waals surface area contributed by atoms with Crippen molar-refractivity contribution in [2.75, 3.05) is 19.6 Å². The van der Waals surface area contributed by atoms with Crippen molar-refractivity contribution in [2.24, 2.45) is 5.84 Å².